The van der Waals surface area contributed by atoms with Crippen molar-refractivity contribution < 1.29 is 14.0 Å². The van der Waals surface area contributed by atoms with Crippen molar-refractivity contribution in [2.24, 2.45) is 0 Å². The Kier molecular flexibility index (Phi) is 5.04. The highest BCUT2D eigenvalue weighted by Crippen LogP contribution is 2.32. The first-order valence-corrected chi connectivity index (χ1v) is 8.73. The molecule has 1 unspecified atom stereocenters. The van der Waals surface area contributed by atoms with Gasteiger partial charge < -0.3 is 14.6 Å². The molecular weight excluding hydrogens is 372 g/mol. The van der Waals surface area contributed by atoms with Gasteiger partial charge in [-0.05, 0) is 43.5 Å². The highest BCUT2D eigenvalue weighted by Gasteiger charge is 2.30. The molecule has 2 aromatic rings. The Balaban J connectivity index is 1.62. The summed E-state index contributed by atoms with van der Waals surface area (Å²) in [7, 11) is 0. The van der Waals surface area contributed by atoms with Gasteiger partial charge in [0.25, 0.3) is 5.91 Å². The van der Waals surface area contributed by atoms with Gasteiger partial charge in [-0.15, -0.1) is 0 Å². The standard InChI is InChI=1S/C18H19BrN2O3/c1-12-15(8-10-24-12)18(23)20-11-17(22)21-9-2-3-16(21)13-4-6-14(19)7-5-13/h4-8,10,16H,2-3,9,11H2,1H3,(H,20,23). The molecule has 1 aliphatic rings. The van der Waals surface area contributed by atoms with Gasteiger partial charge in [-0.3, -0.25) is 9.59 Å². The summed E-state index contributed by atoms with van der Waals surface area (Å²) in [4.78, 5) is 26.5. The summed E-state index contributed by atoms with van der Waals surface area (Å²) in [6.07, 6.45) is 3.39. The van der Waals surface area contributed by atoms with Crippen LogP contribution in [0.5, 0.6) is 0 Å². The maximum Gasteiger partial charge on any atom is 0.255 e. The van der Waals surface area contributed by atoms with Crippen LogP contribution in [0.4, 0.5) is 0 Å². The van der Waals surface area contributed by atoms with E-state index in [0.717, 1.165) is 29.4 Å². The van der Waals surface area contributed by atoms with E-state index in [0.29, 0.717) is 11.3 Å². The fourth-order valence-electron chi connectivity index (χ4n) is 3.07. The molecule has 2 amide bonds. The number of nitrogens with zero attached hydrogens (tertiary/aromatic N) is 1. The summed E-state index contributed by atoms with van der Waals surface area (Å²) in [6, 6.07) is 9.73. The molecule has 5 nitrogen and oxygen atoms in total. The number of amides is 2. The maximum atomic E-state index is 12.5. The first kappa shape index (κ1) is 16.8. The molecule has 1 fully saturated rings. The number of furan rings is 1. The quantitative estimate of drug-likeness (QED) is 0.869. The van der Waals surface area contributed by atoms with Crippen LogP contribution in [0.25, 0.3) is 0 Å². The lowest BCUT2D eigenvalue weighted by Gasteiger charge is -2.25. The minimum atomic E-state index is -0.283. The molecule has 1 aromatic heterocycles. The van der Waals surface area contributed by atoms with Crippen LogP contribution >= 0.6 is 15.9 Å². The van der Waals surface area contributed by atoms with E-state index in [2.05, 4.69) is 21.2 Å². The smallest absolute Gasteiger partial charge is 0.255 e. The van der Waals surface area contributed by atoms with Crippen LogP contribution in [-0.4, -0.2) is 29.8 Å². The minimum Gasteiger partial charge on any atom is -0.469 e. The Morgan fingerprint density at radius 2 is 2.04 bits per heavy atom. The Morgan fingerprint density at radius 3 is 2.71 bits per heavy atom. The molecule has 1 aromatic carbocycles. The number of halogens is 1. The summed E-state index contributed by atoms with van der Waals surface area (Å²) in [5.41, 5.74) is 1.59. The number of likely N-dealkylation sites (tertiary alicyclic amines) is 1. The van der Waals surface area contributed by atoms with Gasteiger partial charge in [0, 0.05) is 11.0 Å². The predicted molar refractivity (Wildman–Crippen MR) is 93.6 cm³/mol. The van der Waals surface area contributed by atoms with Crippen molar-refractivity contribution in [3.8, 4) is 0 Å². The van der Waals surface area contributed by atoms with E-state index in [9.17, 15) is 9.59 Å². The van der Waals surface area contributed by atoms with Crippen molar-refractivity contribution in [3.63, 3.8) is 0 Å². The van der Waals surface area contributed by atoms with Gasteiger partial charge in [-0.2, -0.15) is 0 Å². The average molecular weight is 391 g/mol. The van der Waals surface area contributed by atoms with Crippen LogP contribution in [0.1, 0.15) is 40.6 Å². The molecule has 0 radical (unpaired) electrons. The maximum absolute atomic E-state index is 12.5. The summed E-state index contributed by atoms with van der Waals surface area (Å²) < 4.78 is 6.14. The number of hydrogen-bond donors (Lipinski definition) is 1. The van der Waals surface area contributed by atoms with Gasteiger partial charge in [-0.25, -0.2) is 0 Å². The van der Waals surface area contributed by atoms with E-state index in [1.165, 1.54) is 6.26 Å². The molecule has 0 bridgehead atoms. The van der Waals surface area contributed by atoms with Crippen molar-refractivity contribution >= 4 is 27.7 Å². The van der Waals surface area contributed by atoms with Crippen molar-refractivity contribution in [2.75, 3.05) is 13.1 Å². The zero-order chi connectivity index (χ0) is 17.1. The molecular formula is C18H19BrN2O3. The molecule has 0 spiro atoms. The Morgan fingerprint density at radius 1 is 1.29 bits per heavy atom. The third-order valence-corrected chi connectivity index (χ3v) is 4.86. The molecule has 1 atom stereocenters. The fourth-order valence-corrected chi connectivity index (χ4v) is 3.33. The molecule has 3 rings (SSSR count). The Labute approximate surface area is 149 Å². The van der Waals surface area contributed by atoms with Crippen LogP contribution in [0.3, 0.4) is 0 Å². The van der Waals surface area contributed by atoms with E-state index < -0.39 is 0 Å². The van der Waals surface area contributed by atoms with Crippen molar-refractivity contribution in [1.29, 1.82) is 0 Å². The topological polar surface area (TPSA) is 62.6 Å². The Hall–Kier alpha value is -2.08. The number of aryl methyl sites for hydroxylation is 1. The van der Waals surface area contributed by atoms with Crippen molar-refractivity contribution in [1.82, 2.24) is 10.2 Å². The van der Waals surface area contributed by atoms with Crippen molar-refractivity contribution in [2.45, 2.75) is 25.8 Å². The third-order valence-electron chi connectivity index (χ3n) is 4.33. The lowest BCUT2D eigenvalue weighted by atomic mass is 10.0. The monoisotopic (exact) mass is 390 g/mol. The molecule has 1 aliphatic heterocycles. The van der Waals surface area contributed by atoms with Gasteiger partial charge in [0.2, 0.25) is 5.91 Å². The zero-order valence-corrected chi connectivity index (χ0v) is 15.0. The van der Waals surface area contributed by atoms with Crippen molar-refractivity contribution in [3.05, 3.63) is 58.0 Å². The molecule has 126 valence electrons. The molecule has 6 heteroatoms. The summed E-state index contributed by atoms with van der Waals surface area (Å²) in [6.45, 7) is 2.44. The van der Waals surface area contributed by atoms with Crippen LogP contribution in [0.15, 0.2) is 45.5 Å². The summed E-state index contributed by atoms with van der Waals surface area (Å²) in [5.74, 6) is 0.206. The van der Waals surface area contributed by atoms with Gasteiger partial charge in [0.1, 0.15) is 5.76 Å². The highest BCUT2D eigenvalue weighted by atomic mass is 79.9. The zero-order valence-electron chi connectivity index (χ0n) is 13.4. The van der Waals surface area contributed by atoms with Crippen LogP contribution in [0, 0.1) is 6.92 Å². The molecule has 24 heavy (non-hydrogen) atoms. The SMILES string of the molecule is Cc1occc1C(=O)NCC(=O)N1CCCC1c1ccc(Br)cc1. The predicted octanol–water partition coefficient (Wildman–Crippen LogP) is 3.44. The second-order valence-electron chi connectivity index (χ2n) is 5.87. The molecule has 0 aliphatic carbocycles. The molecule has 1 N–H and O–H groups in total. The van der Waals surface area contributed by atoms with Crippen LogP contribution < -0.4 is 5.32 Å². The molecule has 0 saturated carbocycles. The lowest BCUT2D eigenvalue weighted by Crippen LogP contribution is -2.39. The summed E-state index contributed by atoms with van der Waals surface area (Å²) >= 11 is 3.43. The second kappa shape index (κ2) is 7.21. The number of nitrogens with one attached hydrogen (secondary N) is 1. The second-order valence-corrected chi connectivity index (χ2v) is 6.79. The third kappa shape index (κ3) is 3.53. The summed E-state index contributed by atoms with van der Waals surface area (Å²) in [5, 5.41) is 2.69. The first-order chi connectivity index (χ1) is 11.6. The molecule has 1 saturated heterocycles. The van der Waals surface area contributed by atoms with E-state index in [4.69, 9.17) is 4.42 Å². The number of carbonyl (C=O) groups is 2. The van der Waals surface area contributed by atoms with Crippen LogP contribution in [-0.2, 0) is 4.79 Å². The van der Waals surface area contributed by atoms with E-state index in [-0.39, 0.29) is 24.4 Å². The van der Waals surface area contributed by atoms with Crippen LogP contribution in [0.2, 0.25) is 0 Å². The van der Waals surface area contributed by atoms with Gasteiger partial charge >= 0.3 is 0 Å². The normalized spacial score (nSPS) is 17.1. The fraction of sp³-hybridized carbons (Fsp3) is 0.333. The van der Waals surface area contributed by atoms with E-state index in [1.54, 1.807) is 13.0 Å². The van der Waals surface area contributed by atoms with Gasteiger partial charge in [-0.1, -0.05) is 28.1 Å². The van der Waals surface area contributed by atoms with Gasteiger partial charge in [0.15, 0.2) is 0 Å². The Bertz CT molecular complexity index is 739. The molecule has 2 heterocycles. The number of carbonyl (C=O) groups excluding carboxylic acids is 2. The van der Waals surface area contributed by atoms with Gasteiger partial charge in [0.05, 0.1) is 24.4 Å². The van der Waals surface area contributed by atoms with E-state index >= 15 is 0 Å². The minimum absolute atomic E-state index is 0.00349. The largest absolute Gasteiger partial charge is 0.469 e. The highest BCUT2D eigenvalue weighted by molar-refractivity contribution is 9.10. The lowest BCUT2D eigenvalue weighted by molar-refractivity contribution is -0.131. The average Bonchev–Trinajstić information content (AvgIpc) is 3.22. The first-order valence-electron chi connectivity index (χ1n) is 7.93. The number of hydrogen-bond acceptors (Lipinski definition) is 3. The number of benzene rings is 1. The number of rotatable bonds is 4. The van der Waals surface area contributed by atoms with E-state index in [1.807, 2.05) is 29.2 Å².